The normalized spacial score (nSPS) is 11.4. The first kappa shape index (κ1) is 13.9. The molecule has 5 nitrogen and oxygen atoms in total. The highest BCUT2D eigenvalue weighted by atomic mass is 19.4. The number of hydrogen-bond donors (Lipinski definition) is 2. The van der Waals surface area contributed by atoms with Crippen molar-refractivity contribution in [2.75, 3.05) is 11.1 Å². The number of carbonyl (C=O) groups excluding carboxylic acids is 1. The minimum absolute atomic E-state index is 0.0921. The Morgan fingerprint density at radius 2 is 2.00 bits per heavy atom. The number of hydrogen-bond acceptors (Lipinski definition) is 3. The Hall–Kier alpha value is -2.51. The highest BCUT2D eigenvalue weighted by Gasteiger charge is 2.33. The molecule has 1 aromatic heterocycles. The van der Waals surface area contributed by atoms with E-state index in [-0.39, 0.29) is 17.1 Å². The van der Waals surface area contributed by atoms with E-state index >= 15 is 0 Å². The third-order valence-corrected chi connectivity index (χ3v) is 2.55. The van der Waals surface area contributed by atoms with Crippen LogP contribution in [0.15, 0.2) is 30.5 Å². The van der Waals surface area contributed by atoms with Gasteiger partial charge in [-0.05, 0) is 12.1 Å². The largest absolute Gasteiger partial charge is 0.418 e. The molecule has 2 rings (SSSR count). The first-order valence-corrected chi connectivity index (χ1v) is 5.55. The number of nitrogen functional groups attached to an aromatic ring is 1. The fourth-order valence-corrected chi connectivity index (χ4v) is 1.70. The van der Waals surface area contributed by atoms with Gasteiger partial charge < -0.3 is 11.1 Å². The maximum atomic E-state index is 12.8. The van der Waals surface area contributed by atoms with E-state index in [1.165, 1.54) is 29.1 Å². The maximum Gasteiger partial charge on any atom is 0.418 e. The quantitative estimate of drug-likeness (QED) is 0.888. The summed E-state index contributed by atoms with van der Waals surface area (Å²) in [5, 5.41) is 5.97. The molecule has 0 aliphatic rings. The smallest absolute Gasteiger partial charge is 0.396 e. The zero-order valence-electron chi connectivity index (χ0n) is 10.4. The number of alkyl halides is 3. The Morgan fingerprint density at radius 1 is 1.35 bits per heavy atom. The van der Waals surface area contributed by atoms with E-state index in [0.29, 0.717) is 0 Å². The van der Waals surface area contributed by atoms with Gasteiger partial charge in [-0.25, -0.2) is 0 Å². The van der Waals surface area contributed by atoms with Crippen molar-refractivity contribution in [3.8, 4) is 0 Å². The topological polar surface area (TPSA) is 72.9 Å². The lowest BCUT2D eigenvalue weighted by molar-refractivity contribution is -0.136. The number of nitrogens with one attached hydrogen (secondary N) is 1. The van der Waals surface area contributed by atoms with Crippen molar-refractivity contribution in [3.63, 3.8) is 0 Å². The monoisotopic (exact) mass is 284 g/mol. The molecule has 0 saturated heterocycles. The lowest BCUT2D eigenvalue weighted by Crippen LogP contribution is -2.18. The number of anilines is 2. The molecule has 0 fully saturated rings. The summed E-state index contributed by atoms with van der Waals surface area (Å²) in [5.41, 5.74) is 4.26. The Bertz CT molecular complexity index is 648. The Balaban J connectivity index is 2.31. The number of nitrogens with two attached hydrogens (primary N) is 1. The second-order valence-electron chi connectivity index (χ2n) is 4.10. The van der Waals surface area contributed by atoms with Crippen molar-refractivity contribution >= 4 is 17.3 Å². The second-order valence-corrected chi connectivity index (χ2v) is 4.10. The van der Waals surface area contributed by atoms with Crippen LogP contribution in [0.5, 0.6) is 0 Å². The molecular weight excluding hydrogens is 273 g/mol. The molecule has 2 aromatic rings. The first-order chi connectivity index (χ1) is 9.29. The van der Waals surface area contributed by atoms with Crippen LogP contribution < -0.4 is 11.1 Å². The van der Waals surface area contributed by atoms with Crippen LogP contribution in [0, 0.1) is 0 Å². The second kappa shape index (κ2) is 4.87. The van der Waals surface area contributed by atoms with Crippen molar-refractivity contribution < 1.29 is 18.0 Å². The molecule has 1 amide bonds. The van der Waals surface area contributed by atoms with E-state index in [9.17, 15) is 18.0 Å². The van der Waals surface area contributed by atoms with Crippen molar-refractivity contribution in [1.29, 1.82) is 0 Å². The summed E-state index contributed by atoms with van der Waals surface area (Å²) >= 11 is 0. The van der Waals surface area contributed by atoms with Crippen LogP contribution in [0.4, 0.5) is 24.5 Å². The summed E-state index contributed by atoms with van der Waals surface area (Å²) in [5.74, 6) is -0.792. The molecule has 1 heterocycles. The molecule has 0 atom stereocenters. The van der Waals surface area contributed by atoms with Crippen LogP contribution in [0.3, 0.4) is 0 Å². The van der Waals surface area contributed by atoms with Gasteiger partial charge in [-0.3, -0.25) is 9.48 Å². The predicted molar refractivity (Wildman–Crippen MR) is 67.0 cm³/mol. The van der Waals surface area contributed by atoms with Gasteiger partial charge >= 0.3 is 6.18 Å². The van der Waals surface area contributed by atoms with Gasteiger partial charge in [0, 0.05) is 13.2 Å². The lowest BCUT2D eigenvalue weighted by atomic mass is 10.1. The number of amides is 1. The van der Waals surface area contributed by atoms with Crippen LogP contribution in [-0.4, -0.2) is 15.7 Å². The highest BCUT2D eigenvalue weighted by Crippen LogP contribution is 2.34. The van der Waals surface area contributed by atoms with Gasteiger partial charge in [0.05, 0.1) is 16.9 Å². The van der Waals surface area contributed by atoms with Gasteiger partial charge in [-0.1, -0.05) is 12.1 Å². The van der Waals surface area contributed by atoms with E-state index in [1.54, 1.807) is 7.05 Å². The average molecular weight is 284 g/mol. The number of aromatic nitrogens is 2. The Kier molecular flexibility index (Phi) is 3.39. The molecule has 3 N–H and O–H groups in total. The molecule has 0 aliphatic heterocycles. The summed E-state index contributed by atoms with van der Waals surface area (Å²) in [6, 6.07) is 4.69. The van der Waals surface area contributed by atoms with E-state index in [0.717, 1.165) is 6.07 Å². The highest BCUT2D eigenvalue weighted by molar-refractivity contribution is 6.06. The van der Waals surface area contributed by atoms with Crippen LogP contribution >= 0.6 is 0 Å². The standard InChI is InChI=1S/C12H11F3N4O/c1-19-6-8(16)10(18-19)11(20)17-9-5-3-2-4-7(9)12(13,14)15/h2-6H,16H2,1H3,(H,17,20). The van der Waals surface area contributed by atoms with Gasteiger partial charge in [0.1, 0.15) is 0 Å². The number of halogens is 3. The van der Waals surface area contributed by atoms with E-state index in [2.05, 4.69) is 10.4 Å². The molecule has 0 spiro atoms. The summed E-state index contributed by atoms with van der Waals surface area (Å²) < 4.78 is 39.7. The van der Waals surface area contributed by atoms with Crippen molar-refractivity contribution in [2.45, 2.75) is 6.18 Å². The Morgan fingerprint density at radius 3 is 2.55 bits per heavy atom. The molecule has 0 radical (unpaired) electrons. The van der Waals surface area contributed by atoms with E-state index < -0.39 is 17.6 Å². The van der Waals surface area contributed by atoms with Crippen LogP contribution in [0.2, 0.25) is 0 Å². The minimum atomic E-state index is -4.56. The fourth-order valence-electron chi connectivity index (χ4n) is 1.70. The fraction of sp³-hybridized carbons (Fsp3) is 0.167. The number of carbonyl (C=O) groups is 1. The number of para-hydroxylation sites is 1. The minimum Gasteiger partial charge on any atom is -0.396 e. The summed E-state index contributed by atoms with van der Waals surface area (Å²) in [6.45, 7) is 0. The number of benzene rings is 1. The molecule has 8 heteroatoms. The SMILES string of the molecule is Cn1cc(N)c(C(=O)Nc2ccccc2C(F)(F)F)n1. The number of nitrogens with zero attached hydrogens (tertiary/aromatic N) is 2. The third kappa shape index (κ3) is 2.73. The molecule has 0 unspecified atom stereocenters. The van der Waals surface area contributed by atoms with Crippen molar-refractivity contribution in [1.82, 2.24) is 9.78 Å². The maximum absolute atomic E-state index is 12.8. The van der Waals surface area contributed by atoms with Crippen LogP contribution in [0.1, 0.15) is 16.1 Å². The molecule has 0 aliphatic carbocycles. The molecule has 0 saturated carbocycles. The van der Waals surface area contributed by atoms with Crippen molar-refractivity contribution in [2.24, 2.45) is 7.05 Å². The first-order valence-electron chi connectivity index (χ1n) is 5.55. The zero-order valence-corrected chi connectivity index (χ0v) is 10.4. The van der Waals surface area contributed by atoms with Gasteiger partial charge in [-0.2, -0.15) is 18.3 Å². The van der Waals surface area contributed by atoms with Crippen LogP contribution in [-0.2, 0) is 13.2 Å². The van der Waals surface area contributed by atoms with Crippen LogP contribution in [0.25, 0.3) is 0 Å². The number of aryl methyl sites for hydroxylation is 1. The number of rotatable bonds is 2. The zero-order chi connectivity index (χ0) is 14.9. The molecular formula is C12H11F3N4O. The van der Waals surface area contributed by atoms with E-state index in [4.69, 9.17) is 5.73 Å². The summed E-state index contributed by atoms with van der Waals surface area (Å²) in [7, 11) is 1.55. The third-order valence-electron chi connectivity index (χ3n) is 2.55. The summed E-state index contributed by atoms with van der Waals surface area (Å²) in [6.07, 6.45) is -3.16. The molecule has 20 heavy (non-hydrogen) atoms. The van der Waals surface area contributed by atoms with Crippen molar-refractivity contribution in [3.05, 3.63) is 41.7 Å². The molecule has 0 bridgehead atoms. The van der Waals surface area contributed by atoms with Gasteiger partial charge in [0.15, 0.2) is 5.69 Å². The predicted octanol–water partition coefficient (Wildman–Crippen LogP) is 2.27. The molecule has 106 valence electrons. The average Bonchev–Trinajstić information content (AvgIpc) is 2.68. The van der Waals surface area contributed by atoms with Gasteiger partial charge in [0.25, 0.3) is 5.91 Å². The Labute approximate surface area is 112 Å². The van der Waals surface area contributed by atoms with E-state index in [1.807, 2.05) is 0 Å². The molecule has 1 aromatic carbocycles. The van der Waals surface area contributed by atoms with Gasteiger partial charge in [-0.15, -0.1) is 0 Å². The summed E-state index contributed by atoms with van der Waals surface area (Å²) in [4.78, 5) is 11.9. The lowest BCUT2D eigenvalue weighted by Gasteiger charge is -2.12. The van der Waals surface area contributed by atoms with Gasteiger partial charge in [0.2, 0.25) is 0 Å².